The molecule has 0 aliphatic heterocycles. The molecule has 4 rings (SSSR count). The minimum absolute atomic E-state index is 0.0331. The fraction of sp³-hybridized carbons (Fsp3) is 0.314. The van der Waals surface area contributed by atoms with Crippen LogP contribution in [-0.2, 0) is 39.0 Å². The van der Waals surface area contributed by atoms with Crippen LogP contribution in [0.1, 0.15) is 43.5 Å². The number of allylic oxidation sites excluding steroid dienone is 1. The Morgan fingerprint density at radius 2 is 1.70 bits per heavy atom. The van der Waals surface area contributed by atoms with Crippen LogP contribution in [-0.4, -0.2) is 46.5 Å². The van der Waals surface area contributed by atoms with Crippen molar-refractivity contribution in [1.29, 1.82) is 0 Å². The van der Waals surface area contributed by atoms with Gasteiger partial charge in [-0.25, -0.2) is 4.98 Å². The van der Waals surface area contributed by atoms with Crippen molar-refractivity contribution in [3.8, 4) is 22.6 Å². The van der Waals surface area contributed by atoms with Crippen LogP contribution in [0.3, 0.4) is 0 Å². The summed E-state index contributed by atoms with van der Waals surface area (Å²) in [5, 5.41) is 0. The molecule has 43 heavy (non-hydrogen) atoms. The van der Waals surface area contributed by atoms with Gasteiger partial charge in [-0.2, -0.15) is 0 Å². The van der Waals surface area contributed by atoms with Crippen molar-refractivity contribution >= 4 is 22.7 Å². The van der Waals surface area contributed by atoms with E-state index in [1.807, 2.05) is 71.3 Å². The molecule has 1 heterocycles. The van der Waals surface area contributed by atoms with E-state index in [1.165, 1.54) is 0 Å². The molecule has 0 unspecified atom stereocenters. The molecule has 226 valence electrons. The number of ketones is 1. The lowest BCUT2D eigenvalue weighted by Gasteiger charge is -2.10. The smallest absolute Gasteiger partial charge is 0.160 e. The molecule has 0 amide bonds. The molecule has 1 aromatic heterocycles. The Labute approximate surface area is 257 Å². The molecule has 0 saturated heterocycles. The van der Waals surface area contributed by atoms with E-state index in [-0.39, 0.29) is 12.2 Å². The highest BCUT2D eigenvalue weighted by Crippen LogP contribution is 2.29. The summed E-state index contributed by atoms with van der Waals surface area (Å²) in [6, 6.07) is 21.2. The minimum atomic E-state index is -1.19. The molecule has 7 nitrogen and oxygen atoms in total. The van der Waals surface area contributed by atoms with Gasteiger partial charge in [-0.05, 0) is 78.1 Å². The second kappa shape index (κ2) is 16.6. The number of benzene rings is 3. The lowest BCUT2D eigenvalue weighted by molar-refractivity contribution is -0.113. The Morgan fingerprint density at radius 3 is 2.42 bits per heavy atom. The Bertz CT molecular complexity index is 1510. The largest absolute Gasteiger partial charge is 0.496 e. The van der Waals surface area contributed by atoms with Crippen molar-refractivity contribution in [2.45, 2.75) is 50.3 Å². The number of aromatic nitrogens is 2. The normalized spacial score (nSPS) is 12.0. The molecule has 0 saturated carbocycles. The zero-order chi connectivity index (χ0) is 30.4. The molecule has 0 aliphatic carbocycles. The number of hydrogen-bond acceptors (Lipinski definition) is 6. The maximum atomic E-state index is 12.9. The first-order valence-corrected chi connectivity index (χ1v) is 16.0. The van der Waals surface area contributed by atoms with Gasteiger partial charge in [-0.3, -0.25) is 9.00 Å². The quantitative estimate of drug-likeness (QED) is 0.0968. The van der Waals surface area contributed by atoms with Gasteiger partial charge in [-0.15, -0.1) is 0 Å². The zero-order valence-corrected chi connectivity index (χ0v) is 26.0. The van der Waals surface area contributed by atoms with Crippen LogP contribution in [0.15, 0.2) is 90.2 Å². The van der Waals surface area contributed by atoms with Crippen molar-refractivity contribution < 1.29 is 23.2 Å². The topological polar surface area (TPSA) is 79.7 Å². The number of aryl methyl sites for hydroxylation is 1. The molecule has 4 aromatic rings. The molecule has 8 heteroatoms. The number of carbonyl (C=O) groups is 1. The van der Waals surface area contributed by atoms with Gasteiger partial charge in [0.2, 0.25) is 0 Å². The third-order valence-electron chi connectivity index (χ3n) is 6.82. The summed E-state index contributed by atoms with van der Waals surface area (Å²) in [7, 11) is 0.431. The molecule has 0 radical (unpaired) electrons. The van der Waals surface area contributed by atoms with Crippen molar-refractivity contribution in [3.05, 3.63) is 102 Å². The predicted octanol–water partition coefficient (Wildman–Crippen LogP) is 6.91. The monoisotopic (exact) mass is 600 g/mol. The maximum Gasteiger partial charge on any atom is 0.160 e. The summed E-state index contributed by atoms with van der Waals surface area (Å²) in [5.74, 6) is 1.86. The highest BCUT2D eigenvalue weighted by atomic mass is 32.2. The van der Waals surface area contributed by atoms with Crippen LogP contribution in [0.5, 0.6) is 11.5 Å². The highest BCUT2D eigenvalue weighted by molar-refractivity contribution is 7.84. The molecular weight excluding hydrogens is 560 g/mol. The van der Waals surface area contributed by atoms with Gasteiger partial charge in [0.1, 0.15) is 18.1 Å². The molecule has 0 aliphatic rings. The first-order chi connectivity index (χ1) is 21.0. The van der Waals surface area contributed by atoms with Crippen molar-refractivity contribution in [2.75, 3.05) is 26.9 Å². The summed E-state index contributed by atoms with van der Waals surface area (Å²) in [6.07, 6.45) is 9.17. The van der Waals surface area contributed by atoms with E-state index in [0.29, 0.717) is 24.7 Å². The molecule has 0 N–H and O–H groups in total. The fourth-order valence-electron chi connectivity index (χ4n) is 4.58. The second-order valence-corrected chi connectivity index (χ2v) is 11.6. The van der Waals surface area contributed by atoms with Crippen molar-refractivity contribution in [1.82, 2.24) is 9.55 Å². The van der Waals surface area contributed by atoms with Crippen LogP contribution >= 0.6 is 0 Å². The number of imidazole rings is 1. The molecular formula is C35H40N2O5S. The van der Waals surface area contributed by atoms with Gasteiger partial charge in [-0.1, -0.05) is 44.2 Å². The maximum absolute atomic E-state index is 12.9. The van der Waals surface area contributed by atoms with E-state index < -0.39 is 10.8 Å². The fourth-order valence-corrected chi connectivity index (χ4v) is 5.70. The lowest BCUT2D eigenvalue weighted by Crippen LogP contribution is -2.06. The van der Waals surface area contributed by atoms with Crippen LogP contribution in [0, 0.1) is 0 Å². The Balaban J connectivity index is 1.35. The number of rotatable bonds is 17. The SMILES string of the molecule is CCCOCCOc1ccc(-c2ccc(OC)c(/C=C/C(=O)Cc3ccc([S@](=O)Cc4cncn4CCC)cc3)c2)cc1. The van der Waals surface area contributed by atoms with E-state index in [4.69, 9.17) is 14.2 Å². The standard InChI is InChI=1S/C35H40N2O5S/c1-4-18-37-26-36-24-31(37)25-43(39)34-15-6-27(7-16-34)22-32(38)12-8-30-23-29(11-17-35(30)40-3)28-9-13-33(14-10-28)42-21-20-41-19-5-2/h6-17,23-24,26H,4-5,18-22,25H2,1-3H3/b12-8+/t43-/m1/s1. The minimum Gasteiger partial charge on any atom is -0.496 e. The van der Waals surface area contributed by atoms with Crippen LogP contribution < -0.4 is 9.47 Å². The Kier molecular flexibility index (Phi) is 12.3. The first kappa shape index (κ1) is 31.9. The predicted molar refractivity (Wildman–Crippen MR) is 172 cm³/mol. The van der Waals surface area contributed by atoms with Crippen LogP contribution in [0.2, 0.25) is 0 Å². The van der Waals surface area contributed by atoms with E-state index in [1.54, 1.807) is 31.8 Å². The summed E-state index contributed by atoms with van der Waals surface area (Å²) in [4.78, 5) is 17.8. The average Bonchev–Trinajstić information content (AvgIpc) is 3.46. The third kappa shape index (κ3) is 9.49. The molecule has 0 fully saturated rings. The zero-order valence-electron chi connectivity index (χ0n) is 25.2. The molecule has 0 spiro atoms. The molecule has 3 aromatic carbocycles. The number of nitrogens with zero attached hydrogens (tertiary/aromatic N) is 2. The Morgan fingerprint density at radius 1 is 0.930 bits per heavy atom. The highest BCUT2D eigenvalue weighted by Gasteiger charge is 2.11. The first-order valence-electron chi connectivity index (χ1n) is 14.7. The third-order valence-corrected chi connectivity index (χ3v) is 8.17. The molecule has 1 atom stereocenters. The van der Waals surface area contributed by atoms with Crippen molar-refractivity contribution in [2.24, 2.45) is 0 Å². The summed E-state index contributed by atoms with van der Waals surface area (Å²) in [5.41, 5.74) is 4.68. The lowest BCUT2D eigenvalue weighted by atomic mass is 10.0. The van der Waals surface area contributed by atoms with E-state index in [2.05, 4.69) is 18.8 Å². The van der Waals surface area contributed by atoms with Gasteiger partial charge < -0.3 is 18.8 Å². The van der Waals surface area contributed by atoms with E-state index in [0.717, 1.165) is 64.6 Å². The van der Waals surface area contributed by atoms with Gasteiger partial charge in [0.15, 0.2) is 5.78 Å². The van der Waals surface area contributed by atoms with E-state index >= 15 is 0 Å². The van der Waals surface area contributed by atoms with Crippen LogP contribution in [0.4, 0.5) is 0 Å². The Hall–Kier alpha value is -4.01. The number of carbonyl (C=O) groups excluding carboxylic acids is 1. The summed E-state index contributed by atoms with van der Waals surface area (Å²) in [6.45, 7) is 6.87. The van der Waals surface area contributed by atoms with Gasteiger partial charge in [0, 0.05) is 36.2 Å². The number of methoxy groups -OCH3 is 1. The second-order valence-electron chi connectivity index (χ2n) is 10.1. The number of hydrogen-bond donors (Lipinski definition) is 0. The summed E-state index contributed by atoms with van der Waals surface area (Å²) >= 11 is 0. The van der Waals surface area contributed by atoms with Gasteiger partial charge in [0.05, 0.1) is 42.3 Å². The molecule has 0 bridgehead atoms. The van der Waals surface area contributed by atoms with Gasteiger partial charge >= 0.3 is 0 Å². The van der Waals surface area contributed by atoms with Crippen molar-refractivity contribution in [3.63, 3.8) is 0 Å². The number of ether oxygens (including phenoxy) is 3. The van der Waals surface area contributed by atoms with Gasteiger partial charge in [0.25, 0.3) is 0 Å². The summed E-state index contributed by atoms with van der Waals surface area (Å²) < 4.78 is 31.7. The average molecular weight is 601 g/mol. The van der Waals surface area contributed by atoms with E-state index in [9.17, 15) is 9.00 Å². The van der Waals surface area contributed by atoms with Crippen LogP contribution in [0.25, 0.3) is 17.2 Å².